The number of hydrogen-bond acceptors (Lipinski definition) is 5. The van der Waals surface area contributed by atoms with E-state index in [1.165, 1.54) is 0 Å². The maximum absolute atomic E-state index is 10.6. The zero-order chi connectivity index (χ0) is 15.8. The topological polar surface area (TPSA) is 61.5 Å². The van der Waals surface area contributed by atoms with E-state index in [0.717, 1.165) is 30.0 Å². The summed E-state index contributed by atoms with van der Waals surface area (Å²) >= 11 is 0. The Morgan fingerprint density at radius 1 is 1.43 bits per heavy atom. The van der Waals surface area contributed by atoms with Crippen molar-refractivity contribution in [1.29, 1.82) is 0 Å². The molecular weight excluding hydrogens is 266 g/mol. The summed E-state index contributed by atoms with van der Waals surface area (Å²) in [6.07, 6.45) is 0.334. The van der Waals surface area contributed by atoms with E-state index in [0.29, 0.717) is 5.82 Å². The van der Waals surface area contributed by atoms with Gasteiger partial charge in [0.05, 0.1) is 11.7 Å². The van der Waals surface area contributed by atoms with E-state index in [1.54, 1.807) is 0 Å². The predicted octanol–water partition coefficient (Wildman–Crippen LogP) is 2.77. The molecule has 1 aromatic heterocycles. The lowest BCUT2D eigenvalue weighted by atomic mass is 9.93. The smallest absolute Gasteiger partial charge is 0.175 e. The minimum absolute atomic E-state index is 0.0923. The third-order valence-electron chi connectivity index (χ3n) is 4.06. The molecule has 0 saturated heterocycles. The van der Waals surface area contributed by atoms with Gasteiger partial charge in [-0.25, -0.2) is 0 Å². The number of aliphatic hydroxyl groups is 1. The molecule has 0 aliphatic carbocycles. The van der Waals surface area contributed by atoms with Gasteiger partial charge in [0.25, 0.3) is 0 Å². The van der Waals surface area contributed by atoms with Crippen molar-refractivity contribution in [3.05, 3.63) is 23.1 Å². The molecule has 0 radical (unpaired) electrons. The molecule has 2 atom stereocenters. The number of rotatable bonds is 4. The van der Waals surface area contributed by atoms with E-state index < -0.39 is 6.23 Å². The molecule has 21 heavy (non-hydrogen) atoms. The first-order chi connectivity index (χ1) is 9.77. The molecule has 0 bridgehead atoms. The maximum atomic E-state index is 10.6. The summed E-state index contributed by atoms with van der Waals surface area (Å²) in [4.78, 5) is 1.89. The molecular formula is C16H27N3O2. The lowest BCUT2D eigenvalue weighted by Crippen LogP contribution is -2.39. The third-order valence-corrected chi connectivity index (χ3v) is 4.06. The number of aliphatic hydroxyl groups excluding tert-OH is 1. The van der Waals surface area contributed by atoms with Crippen LogP contribution >= 0.6 is 0 Å². The molecule has 1 aliphatic rings. The molecule has 2 rings (SSSR count). The third kappa shape index (κ3) is 2.93. The van der Waals surface area contributed by atoms with Crippen LogP contribution < -0.4 is 10.2 Å². The Hall–Kier alpha value is -1.49. The summed E-state index contributed by atoms with van der Waals surface area (Å²) in [5, 5.41) is 18.1. The van der Waals surface area contributed by atoms with Gasteiger partial charge in [0.15, 0.2) is 12.0 Å². The summed E-state index contributed by atoms with van der Waals surface area (Å²) in [6.45, 7) is 13.3. The standard InChI is InChI=1S/C16H27N3O2/c1-7-8-17-14-10(2)11(3)19(15(14)20)13-9-12(21-18-13)16(4,5)6/h9,11,15,17,20H,7-8H2,1-6H3. The molecule has 0 fully saturated rings. The van der Waals surface area contributed by atoms with Gasteiger partial charge < -0.3 is 19.8 Å². The van der Waals surface area contributed by atoms with Crippen molar-refractivity contribution in [3.8, 4) is 0 Å². The van der Waals surface area contributed by atoms with Gasteiger partial charge in [-0.05, 0) is 25.8 Å². The molecule has 5 nitrogen and oxygen atoms in total. The molecule has 5 heteroatoms. The number of nitrogens with one attached hydrogen (secondary N) is 1. The van der Waals surface area contributed by atoms with Crippen molar-refractivity contribution in [2.24, 2.45) is 0 Å². The van der Waals surface area contributed by atoms with Gasteiger partial charge in [0, 0.05) is 18.0 Å². The van der Waals surface area contributed by atoms with Crippen LogP contribution in [-0.4, -0.2) is 29.1 Å². The van der Waals surface area contributed by atoms with Crippen LogP contribution in [0.25, 0.3) is 0 Å². The average molecular weight is 293 g/mol. The second-order valence-electron chi connectivity index (χ2n) is 6.78. The normalized spacial score (nSPS) is 23.1. The fourth-order valence-corrected chi connectivity index (χ4v) is 2.54. The van der Waals surface area contributed by atoms with Crippen LogP contribution in [0.15, 0.2) is 21.9 Å². The van der Waals surface area contributed by atoms with Crippen molar-refractivity contribution >= 4 is 5.82 Å². The summed E-state index contributed by atoms with van der Waals surface area (Å²) in [6, 6.07) is 2.02. The van der Waals surface area contributed by atoms with Gasteiger partial charge in [0.2, 0.25) is 0 Å². The molecule has 0 amide bonds. The van der Waals surface area contributed by atoms with Crippen molar-refractivity contribution < 1.29 is 9.63 Å². The minimum Gasteiger partial charge on any atom is -0.385 e. The summed E-state index contributed by atoms with van der Waals surface area (Å²) in [5.41, 5.74) is 1.95. The molecule has 0 spiro atoms. The van der Waals surface area contributed by atoms with E-state index >= 15 is 0 Å². The van der Waals surface area contributed by atoms with Crippen LogP contribution in [0.2, 0.25) is 0 Å². The first kappa shape index (κ1) is 15.9. The van der Waals surface area contributed by atoms with Gasteiger partial charge in [-0.2, -0.15) is 0 Å². The Kier molecular flexibility index (Phi) is 4.33. The molecule has 0 saturated carbocycles. The Balaban J connectivity index is 2.24. The highest BCUT2D eigenvalue weighted by atomic mass is 16.5. The van der Waals surface area contributed by atoms with Gasteiger partial charge in [-0.3, -0.25) is 0 Å². The lowest BCUT2D eigenvalue weighted by Gasteiger charge is -2.26. The summed E-state index contributed by atoms with van der Waals surface area (Å²) in [5.74, 6) is 1.51. The lowest BCUT2D eigenvalue weighted by molar-refractivity contribution is 0.200. The second-order valence-corrected chi connectivity index (χ2v) is 6.78. The fourth-order valence-electron chi connectivity index (χ4n) is 2.54. The van der Waals surface area contributed by atoms with E-state index in [2.05, 4.69) is 52.0 Å². The van der Waals surface area contributed by atoms with Crippen LogP contribution in [0.1, 0.15) is 53.7 Å². The SMILES string of the molecule is CCCNC1=C(C)C(C)N(c2cc(C(C)(C)C)on2)C1O. The maximum Gasteiger partial charge on any atom is 0.175 e. The van der Waals surface area contributed by atoms with Crippen LogP contribution in [0.4, 0.5) is 5.82 Å². The quantitative estimate of drug-likeness (QED) is 0.894. The van der Waals surface area contributed by atoms with Crippen LogP contribution in [-0.2, 0) is 5.41 Å². The fraction of sp³-hybridized carbons (Fsp3) is 0.688. The predicted molar refractivity (Wildman–Crippen MR) is 84.1 cm³/mol. The highest BCUT2D eigenvalue weighted by Gasteiger charge is 2.37. The Labute approximate surface area is 127 Å². The highest BCUT2D eigenvalue weighted by Crippen LogP contribution is 2.34. The molecule has 0 aromatic carbocycles. The highest BCUT2D eigenvalue weighted by molar-refractivity contribution is 5.51. The van der Waals surface area contributed by atoms with Gasteiger partial charge in [-0.15, -0.1) is 0 Å². The monoisotopic (exact) mass is 293 g/mol. The summed E-state index contributed by atoms with van der Waals surface area (Å²) < 4.78 is 5.45. The molecule has 2 heterocycles. The average Bonchev–Trinajstić information content (AvgIpc) is 2.94. The van der Waals surface area contributed by atoms with Crippen molar-refractivity contribution in [2.75, 3.05) is 11.4 Å². The van der Waals surface area contributed by atoms with E-state index in [9.17, 15) is 5.11 Å². The van der Waals surface area contributed by atoms with Crippen molar-refractivity contribution in [1.82, 2.24) is 10.5 Å². The minimum atomic E-state index is -0.690. The molecule has 1 aromatic rings. The largest absolute Gasteiger partial charge is 0.385 e. The van der Waals surface area contributed by atoms with E-state index in [-0.39, 0.29) is 11.5 Å². The molecule has 1 aliphatic heterocycles. The summed E-state index contributed by atoms with van der Waals surface area (Å²) in [7, 11) is 0. The Morgan fingerprint density at radius 2 is 2.10 bits per heavy atom. The Bertz CT molecular complexity index is 528. The first-order valence-electron chi connectivity index (χ1n) is 7.65. The number of nitrogens with zero attached hydrogens (tertiary/aromatic N) is 2. The first-order valence-corrected chi connectivity index (χ1v) is 7.65. The number of anilines is 1. The number of hydrogen-bond donors (Lipinski definition) is 2. The van der Waals surface area contributed by atoms with Crippen LogP contribution in [0.3, 0.4) is 0 Å². The number of aromatic nitrogens is 1. The van der Waals surface area contributed by atoms with Gasteiger partial charge in [-0.1, -0.05) is 32.9 Å². The molecule has 2 unspecified atom stereocenters. The molecule has 2 N–H and O–H groups in total. The van der Waals surface area contributed by atoms with Crippen molar-refractivity contribution in [3.63, 3.8) is 0 Å². The van der Waals surface area contributed by atoms with Gasteiger partial charge >= 0.3 is 0 Å². The zero-order valence-corrected chi connectivity index (χ0v) is 13.9. The zero-order valence-electron chi connectivity index (χ0n) is 13.9. The van der Waals surface area contributed by atoms with Crippen LogP contribution in [0, 0.1) is 0 Å². The van der Waals surface area contributed by atoms with Gasteiger partial charge in [0.1, 0.15) is 5.76 Å². The van der Waals surface area contributed by atoms with Crippen LogP contribution in [0.5, 0.6) is 0 Å². The second kappa shape index (κ2) is 5.72. The van der Waals surface area contributed by atoms with E-state index in [4.69, 9.17) is 4.52 Å². The Morgan fingerprint density at radius 3 is 2.62 bits per heavy atom. The van der Waals surface area contributed by atoms with Crippen molar-refractivity contribution in [2.45, 2.75) is 65.6 Å². The molecule has 118 valence electrons. The van der Waals surface area contributed by atoms with E-state index in [1.807, 2.05) is 11.0 Å².